The summed E-state index contributed by atoms with van der Waals surface area (Å²) in [6, 6.07) is -0.0290. The van der Waals surface area contributed by atoms with Crippen molar-refractivity contribution in [3.05, 3.63) is 11.9 Å². The van der Waals surface area contributed by atoms with E-state index in [1.54, 1.807) is 8.99 Å². The van der Waals surface area contributed by atoms with E-state index in [1.165, 1.54) is 6.20 Å². The van der Waals surface area contributed by atoms with Crippen molar-refractivity contribution in [2.24, 2.45) is 0 Å². The number of sulfonamides is 1. The van der Waals surface area contributed by atoms with Crippen molar-refractivity contribution >= 4 is 10.0 Å². The zero-order valence-electron chi connectivity index (χ0n) is 13.4. The predicted octanol–water partition coefficient (Wildman–Crippen LogP) is 2.80. The molecular weight excluding hydrogens is 274 g/mol. The number of aryl methyl sites for hydroxylation is 1. The Morgan fingerprint density at radius 1 is 1.20 bits per heavy atom. The molecule has 1 aromatic rings. The van der Waals surface area contributed by atoms with Gasteiger partial charge >= 0.3 is 0 Å². The first-order valence-corrected chi connectivity index (χ1v) is 8.81. The second kappa shape index (κ2) is 6.72. The van der Waals surface area contributed by atoms with Crippen LogP contribution in [0.4, 0.5) is 0 Å². The van der Waals surface area contributed by atoms with Gasteiger partial charge in [-0.05, 0) is 40.5 Å². The minimum Gasteiger partial charge on any atom is -0.269 e. The van der Waals surface area contributed by atoms with Gasteiger partial charge in [0, 0.05) is 18.6 Å². The van der Waals surface area contributed by atoms with Gasteiger partial charge in [0.05, 0.1) is 11.9 Å². The summed E-state index contributed by atoms with van der Waals surface area (Å²) in [5.41, 5.74) is 0.712. The van der Waals surface area contributed by atoms with Gasteiger partial charge in [-0.3, -0.25) is 4.68 Å². The fourth-order valence-corrected chi connectivity index (χ4v) is 4.51. The fraction of sp³-hybridized carbons (Fsp3) is 0.786. The summed E-state index contributed by atoms with van der Waals surface area (Å²) in [5.74, 6) is 0. The van der Waals surface area contributed by atoms with Crippen molar-refractivity contribution in [1.82, 2.24) is 14.1 Å². The lowest BCUT2D eigenvalue weighted by Crippen LogP contribution is -2.44. The first kappa shape index (κ1) is 17.2. The lowest BCUT2D eigenvalue weighted by Gasteiger charge is -2.32. The van der Waals surface area contributed by atoms with Crippen LogP contribution in [0.3, 0.4) is 0 Å². The summed E-state index contributed by atoms with van der Waals surface area (Å²) >= 11 is 0. The average molecular weight is 301 g/mol. The molecular formula is C14H27N3O2S. The lowest BCUT2D eigenvalue weighted by molar-refractivity contribution is 0.262. The molecule has 1 aromatic heterocycles. The number of hydrogen-bond donors (Lipinski definition) is 0. The molecule has 5 nitrogen and oxygen atoms in total. The maximum atomic E-state index is 13.0. The van der Waals surface area contributed by atoms with Gasteiger partial charge in [0.1, 0.15) is 4.90 Å². The second-order valence-electron chi connectivity index (χ2n) is 5.26. The predicted molar refractivity (Wildman–Crippen MR) is 81.2 cm³/mol. The van der Waals surface area contributed by atoms with Crippen LogP contribution in [0.15, 0.2) is 11.1 Å². The van der Waals surface area contributed by atoms with Crippen molar-refractivity contribution in [3.8, 4) is 0 Å². The highest BCUT2D eigenvalue weighted by molar-refractivity contribution is 7.89. The summed E-state index contributed by atoms with van der Waals surface area (Å²) < 4.78 is 29.3. The van der Waals surface area contributed by atoms with E-state index in [1.807, 2.05) is 41.5 Å². The Hall–Kier alpha value is -0.880. The fourth-order valence-electron chi connectivity index (χ4n) is 2.38. The maximum absolute atomic E-state index is 13.0. The number of nitrogens with zero attached hydrogens (tertiary/aromatic N) is 3. The summed E-state index contributed by atoms with van der Waals surface area (Å²) in [7, 11) is -3.49. The van der Waals surface area contributed by atoms with Crippen LogP contribution in [0, 0.1) is 6.92 Å². The molecule has 0 N–H and O–H groups in total. The van der Waals surface area contributed by atoms with Gasteiger partial charge in [0.2, 0.25) is 10.0 Å². The van der Waals surface area contributed by atoms with Crippen LogP contribution in [0.25, 0.3) is 0 Å². The highest BCUT2D eigenvalue weighted by Crippen LogP contribution is 2.25. The van der Waals surface area contributed by atoms with Crippen LogP contribution in [-0.2, 0) is 16.6 Å². The van der Waals surface area contributed by atoms with E-state index in [4.69, 9.17) is 0 Å². The summed E-state index contributed by atoms with van der Waals surface area (Å²) in [6.45, 7) is 12.4. The largest absolute Gasteiger partial charge is 0.269 e. The molecule has 0 saturated heterocycles. The molecule has 0 radical (unpaired) electrons. The third kappa shape index (κ3) is 3.06. The molecule has 0 amide bonds. The topological polar surface area (TPSA) is 55.2 Å². The van der Waals surface area contributed by atoms with Crippen LogP contribution in [0.5, 0.6) is 0 Å². The Morgan fingerprint density at radius 3 is 2.05 bits per heavy atom. The molecule has 0 saturated carbocycles. The highest BCUT2D eigenvalue weighted by atomic mass is 32.2. The molecule has 116 valence electrons. The molecule has 0 aromatic carbocycles. The number of rotatable bonds is 7. The molecule has 0 aliphatic carbocycles. The van der Waals surface area contributed by atoms with Gasteiger partial charge in [-0.15, -0.1) is 0 Å². The average Bonchev–Trinajstić information content (AvgIpc) is 2.79. The third-order valence-electron chi connectivity index (χ3n) is 3.96. The van der Waals surface area contributed by atoms with Gasteiger partial charge < -0.3 is 0 Å². The van der Waals surface area contributed by atoms with Crippen LogP contribution in [0.2, 0.25) is 0 Å². The molecule has 0 aliphatic rings. The number of hydrogen-bond acceptors (Lipinski definition) is 3. The second-order valence-corrected chi connectivity index (χ2v) is 7.07. The van der Waals surface area contributed by atoms with Crippen molar-refractivity contribution < 1.29 is 8.42 Å². The van der Waals surface area contributed by atoms with Crippen LogP contribution in [0.1, 0.15) is 53.2 Å². The van der Waals surface area contributed by atoms with Crippen molar-refractivity contribution in [2.45, 2.75) is 77.9 Å². The lowest BCUT2D eigenvalue weighted by atomic mass is 10.2. The molecule has 1 rings (SSSR count). The Kier molecular flexibility index (Phi) is 5.77. The molecule has 2 atom stereocenters. The Morgan fingerprint density at radius 2 is 1.70 bits per heavy atom. The summed E-state index contributed by atoms with van der Waals surface area (Å²) in [4.78, 5) is 0.333. The smallest absolute Gasteiger partial charge is 0.246 e. The summed E-state index contributed by atoms with van der Waals surface area (Å²) in [6.07, 6.45) is 3.07. The summed E-state index contributed by atoms with van der Waals surface area (Å²) in [5, 5.41) is 4.16. The molecule has 6 heteroatoms. The minimum atomic E-state index is -3.49. The molecule has 0 aliphatic heterocycles. The normalized spacial score (nSPS) is 15.6. The van der Waals surface area contributed by atoms with E-state index in [2.05, 4.69) is 5.10 Å². The molecule has 20 heavy (non-hydrogen) atoms. The Labute approximate surface area is 123 Å². The van der Waals surface area contributed by atoms with E-state index in [9.17, 15) is 8.42 Å². The van der Waals surface area contributed by atoms with E-state index in [0.29, 0.717) is 17.1 Å². The standard InChI is InChI=1S/C14H27N3O2S/c1-7-11(4)17(12(5)8-2)20(18,19)14-10-15-16(9-3)13(14)6/h10-12H,7-9H2,1-6H3. The minimum absolute atomic E-state index is 0.0145. The van der Waals surface area contributed by atoms with Gasteiger partial charge in [-0.1, -0.05) is 13.8 Å². The SMILES string of the molecule is CCC(C)N(C(C)CC)S(=O)(=O)c1cnn(CC)c1C. The monoisotopic (exact) mass is 301 g/mol. The van der Waals surface area contributed by atoms with Crippen LogP contribution in [-0.4, -0.2) is 34.6 Å². The first-order chi connectivity index (χ1) is 9.31. The van der Waals surface area contributed by atoms with Crippen molar-refractivity contribution in [3.63, 3.8) is 0 Å². The zero-order valence-corrected chi connectivity index (χ0v) is 14.2. The molecule has 0 spiro atoms. The van der Waals surface area contributed by atoms with Crippen LogP contribution < -0.4 is 0 Å². The Balaban J connectivity index is 3.32. The zero-order chi connectivity index (χ0) is 15.5. The highest BCUT2D eigenvalue weighted by Gasteiger charge is 2.34. The Bertz CT molecular complexity index is 527. The molecule has 0 fully saturated rings. The van der Waals surface area contributed by atoms with Crippen molar-refractivity contribution in [2.75, 3.05) is 0 Å². The molecule has 0 bridgehead atoms. The number of aromatic nitrogens is 2. The van der Waals surface area contributed by atoms with E-state index < -0.39 is 10.0 Å². The van der Waals surface area contributed by atoms with Gasteiger partial charge in [0.25, 0.3) is 0 Å². The van der Waals surface area contributed by atoms with Crippen molar-refractivity contribution in [1.29, 1.82) is 0 Å². The quantitative estimate of drug-likeness (QED) is 0.778. The maximum Gasteiger partial charge on any atom is 0.246 e. The first-order valence-electron chi connectivity index (χ1n) is 7.37. The van der Waals surface area contributed by atoms with Crippen LogP contribution >= 0.6 is 0 Å². The van der Waals surface area contributed by atoms with E-state index in [-0.39, 0.29) is 12.1 Å². The van der Waals surface area contributed by atoms with Gasteiger partial charge in [-0.2, -0.15) is 9.40 Å². The van der Waals surface area contributed by atoms with E-state index >= 15 is 0 Å². The van der Waals surface area contributed by atoms with Gasteiger partial charge in [0.15, 0.2) is 0 Å². The third-order valence-corrected chi connectivity index (χ3v) is 6.20. The molecule has 2 unspecified atom stereocenters. The molecule has 1 heterocycles. The van der Waals surface area contributed by atoms with Gasteiger partial charge in [-0.25, -0.2) is 8.42 Å². The van der Waals surface area contributed by atoms with E-state index in [0.717, 1.165) is 12.8 Å².